The molecule has 0 atom stereocenters. The summed E-state index contributed by atoms with van der Waals surface area (Å²) in [6.07, 6.45) is 0. The molecule has 0 spiro atoms. The van der Waals surface area contributed by atoms with Crippen molar-refractivity contribution in [2.24, 2.45) is 0 Å². The molecule has 0 saturated heterocycles. The second kappa shape index (κ2) is 4.76. The van der Waals surface area contributed by atoms with Gasteiger partial charge in [0.25, 0.3) is 0 Å². The molecule has 0 aliphatic heterocycles. The Kier molecular flexibility index (Phi) is 3.87. The van der Waals surface area contributed by atoms with Crippen molar-refractivity contribution in [2.75, 3.05) is 12.4 Å². The van der Waals surface area contributed by atoms with E-state index in [9.17, 15) is 17.2 Å². The minimum Gasteiger partial charge on any atom is -0.492 e. The molecule has 7 heteroatoms. The standard InChI is InChI=1S/C8H7ClF2O3S/c9-15(12,13)2-1-14-8-4-6(10)3-7(11)5-8/h3-5H,1-2H2. The average molecular weight is 257 g/mol. The van der Waals surface area contributed by atoms with Gasteiger partial charge in [-0.2, -0.15) is 0 Å². The van der Waals surface area contributed by atoms with E-state index in [1.54, 1.807) is 0 Å². The van der Waals surface area contributed by atoms with Crippen molar-refractivity contribution in [2.45, 2.75) is 0 Å². The van der Waals surface area contributed by atoms with Gasteiger partial charge in [-0.1, -0.05) is 0 Å². The van der Waals surface area contributed by atoms with Crippen LogP contribution in [0.2, 0.25) is 0 Å². The molecule has 1 aromatic carbocycles. The number of hydrogen-bond acceptors (Lipinski definition) is 3. The SMILES string of the molecule is O=S(=O)(Cl)CCOc1cc(F)cc(F)c1. The third kappa shape index (κ3) is 4.94. The first-order valence-corrected chi connectivity index (χ1v) is 6.36. The predicted molar refractivity (Wildman–Crippen MR) is 51.5 cm³/mol. The molecular formula is C8H7ClF2O3S. The highest BCUT2D eigenvalue weighted by molar-refractivity contribution is 8.13. The zero-order chi connectivity index (χ0) is 11.5. The van der Waals surface area contributed by atoms with Crippen LogP contribution in [0.4, 0.5) is 8.78 Å². The van der Waals surface area contributed by atoms with Gasteiger partial charge < -0.3 is 4.74 Å². The molecule has 0 aliphatic carbocycles. The maximum Gasteiger partial charge on any atom is 0.235 e. The smallest absolute Gasteiger partial charge is 0.235 e. The van der Waals surface area contributed by atoms with E-state index in [1.807, 2.05) is 0 Å². The summed E-state index contributed by atoms with van der Waals surface area (Å²) in [7, 11) is 1.25. The van der Waals surface area contributed by atoms with Gasteiger partial charge in [-0.15, -0.1) is 0 Å². The Balaban J connectivity index is 2.58. The molecule has 0 bridgehead atoms. The summed E-state index contributed by atoms with van der Waals surface area (Å²) in [6.45, 7) is -0.255. The largest absolute Gasteiger partial charge is 0.492 e. The molecule has 15 heavy (non-hydrogen) atoms. The first-order valence-electron chi connectivity index (χ1n) is 3.88. The zero-order valence-electron chi connectivity index (χ0n) is 7.41. The highest BCUT2D eigenvalue weighted by Crippen LogP contribution is 2.15. The number of ether oxygens (including phenoxy) is 1. The van der Waals surface area contributed by atoms with Crippen LogP contribution in [-0.2, 0) is 9.05 Å². The first kappa shape index (κ1) is 12.2. The molecule has 0 radical (unpaired) electrons. The first-order chi connectivity index (χ1) is 6.87. The minimum absolute atomic E-state index is 0.0761. The van der Waals surface area contributed by atoms with E-state index in [0.29, 0.717) is 6.07 Å². The fourth-order valence-corrected chi connectivity index (χ4v) is 1.34. The Morgan fingerprint density at radius 2 is 1.73 bits per heavy atom. The van der Waals surface area contributed by atoms with Gasteiger partial charge in [0.2, 0.25) is 9.05 Å². The number of benzene rings is 1. The van der Waals surface area contributed by atoms with Gasteiger partial charge in [-0.25, -0.2) is 17.2 Å². The van der Waals surface area contributed by atoms with Crippen molar-refractivity contribution in [1.29, 1.82) is 0 Å². The monoisotopic (exact) mass is 256 g/mol. The van der Waals surface area contributed by atoms with Gasteiger partial charge in [-0.3, -0.25) is 0 Å². The van der Waals surface area contributed by atoms with Crippen molar-refractivity contribution in [3.8, 4) is 5.75 Å². The molecule has 0 heterocycles. The number of hydrogen-bond donors (Lipinski definition) is 0. The Morgan fingerprint density at radius 3 is 2.20 bits per heavy atom. The van der Waals surface area contributed by atoms with Crippen LogP contribution in [-0.4, -0.2) is 20.8 Å². The van der Waals surface area contributed by atoms with Crippen LogP contribution in [0.5, 0.6) is 5.75 Å². The third-order valence-electron chi connectivity index (χ3n) is 1.43. The molecule has 0 amide bonds. The summed E-state index contributed by atoms with van der Waals surface area (Å²) < 4.78 is 51.0. The van der Waals surface area contributed by atoms with Crippen molar-refractivity contribution < 1.29 is 21.9 Å². The lowest BCUT2D eigenvalue weighted by atomic mass is 10.3. The number of rotatable bonds is 4. The van der Waals surface area contributed by atoms with Gasteiger partial charge in [0, 0.05) is 28.9 Å². The fraction of sp³-hybridized carbons (Fsp3) is 0.250. The summed E-state index contributed by atoms with van der Waals surface area (Å²) in [5.41, 5.74) is 0. The predicted octanol–water partition coefficient (Wildman–Crippen LogP) is 1.91. The Labute approximate surface area is 90.0 Å². The van der Waals surface area contributed by atoms with Crippen molar-refractivity contribution in [1.82, 2.24) is 0 Å². The Bertz CT molecular complexity index is 427. The fourth-order valence-electron chi connectivity index (χ4n) is 0.871. The second-order valence-electron chi connectivity index (χ2n) is 2.70. The van der Waals surface area contributed by atoms with Crippen LogP contribution in [0, 0.1) is 11.6 Å². The lowest BCUT2D eigenvalue weighted by molar-refractivity contribution is 0.337. The normalized spacial score (nSPS) is 11.4. The van der Waals surface area contributed by atoms with Crippen LogP contribution in [0.15, 0.2) is 18.2 Å². The van der Waals surface area contributed by atoms with Crippen molar-refractivity contribution >= 4 is 19.7 Å². The van der Waals surface area contributed by atoms with E-state index in [-0.39, 0.29) is 12.4 Å². The molecule has 0 fully saturated rings. The molecular weight excluding hydrogens is 250 g/mol. The maximum atomic E-state index is 12.6. The van der Waals surface area contributed by atoms with Crippen molar-refractivity contribution in [3.63, 3.8) is 0 Å². The van der Waals surface area contributed by atoms with Crippen LogP contribution >= 0.6 is 10.7 Å². The molecule has 0 aliphatic rings. The van der Waals surface area contributed by atoms with Gasteiger partial charge in [0.1, 0.15) is 24.0 Å². The van der Waals surface area contributed by atoms with Crippen LogP contribution in [0.3, 0.4) is 0 Å². The van der Waals surface area contributed by atoms with Crippen LogP contribution < -0.4 is 4.74 Å². The third-order valence-corrected chi connectivity index (χ3v) is 2.55. The van der Waals surface area contributed by atoms with Gasteiger partial charge in [-0.05, 0) is 0 Å². The molecule has 0 saturated carbocycles. The summed E-state index contributed by atoms with van der Waals surface area (Å²) in [5.74, 6) is -2.09. The molecule has 3 nitrogen and oxygen atoms in total. The van der Waals surface area contributed by atoms with Crippen LogP contribution in [0.1, 0.15) is 0 Å². The maximum absolute atomic E-state index is 12.6. The quantitative estimate of drug-likeness (QED) is 0.773. The molecule has 1 aromatic rings. The summed E-state index contributed by atoms with van der Waals surface area (Å²) >= 11 is 0. The van der Waals surface area contributed by atoms with Crippen molar-refractivity contribution in [3.05, 3.63) is 29.8 Å². The summed E-state index contributed by atoms with van der Waals surface area (Å²) in [6, 6.07) is 2.58. The highest BCUT2D eigenvalue weighted by Gasteiger charge is 2.06. The lowest BCUT2D eigenvalue weighted by Crippen LogP contribution is -2.08. The van der Waals surface area contributed by atoms with Gasteiger partial charge >= 0.3 is 0 Å². The molecule has 0 N–H and O–H groups in total. The molecule has 84 valence electrons. The Hall–Kier alpha value is -0.880. The minimum atomic E-state index is -3.65. The molecule has 1 rings (SSSR count). The van der Waals surface area contributed by atoms with Gasteiger partial charge in [0.05, 0.1) is 5.75 Å². The van der Waals surface area contributed by atoms with E-state index in [2.05, 4.69) is 0 Å². The zero-order valence-corrected chi connectivity index (χ0v) is 8.99. The second-order valence-corrected chi connectivity index (χ2v) is 5.59. The Morgan fingerprint density at radius 1 is 1.20 bits per heavy atom. The van der Waals surface area contributed by atoms with E-state index in [1.165, 1.54) is 0 Å². The lowest BCUT2D eigenvalue weighted by Gasteiger charge is -2.04. The highest BCUT2D eigenvalue weighted by atomic mass is 35.7. The summed E-state index contributed by atoms with van der Waals surface area (Å²) in [4.78, 5) is 0. The van der Waals surface area contributed by atoms with E-state index in [4.69, 9.17) is 15.4 Å². The van der Waals surface area contributed by atoms with E-state index >= 15 is 0 Å². The van der Waals surface area contributed by atoms with Gasteiger partial charge in [0.15, 0.2) is 0 Å². The molecule has 0 aromatic heterocycles. The van der Waals surface area contributed by atoms with E-state index < -0.39 is 26.4 Å². The average Bonchev–Trinajstić information content (AvgIpc) is 1.99. The van der Waals surface area contributed by atoms with Crippen LogP contribution in [0.25, 0.3) is 0 Å². The topological polar surface area (TPSA) is 43.4 Å². The number of halogens is 3. The van der Waals surface area contributed by atoms with E-state index in [0.717, 1.165) is 12.1 Å². The summed E-state index contributed by atoms with van der Waals surface area (Å²) in [5, 5.41) is 0. The molecule has 0 unspecified atom stereocenters.